The second-order valence-electron chi connectivity index (χ2n) is 6.03. The van der Waals surface area contributed by atoms with Crippen molar-refractivity contribution < 1.29 is 9.59 Å². The molecule has 2 aliphatic rings. The first kappa shape index (κ1) is 12.0. The maximum Gasteiger partial charge on any atom is 0.178 e. The lowest BCUT2D eigenvalue weighted by atomic mass is 9.52. The second kappa shape index (κ2) is 3.53. The van der Waals surface area contributed by atoms with Crippen LogP contribution in [0.2, 0.25) is 0 Å². The number of hydrogen-bond donors (Lipinski definition) is 0. The van der Waals surface area contributed by atoms with E-state index in [1.807, 2.05) is 26.8 Å². The van der Waals surface area contributed by atoms with Crippen LogP contribution in [-0.4, -0.2) is 11.6 Å². The van der Waals surface area contributed by atoms with Gasteiger partial charge in [0.05, 0.1) is 5.57 Å². The summed E-state index contributed by atoms with van der Waals surface area (Å²) in [7, 11) is 0. The van der Waals surface area contributed by atoms with Gasteiger partial charge in [-0.05, 0) is 17.8 Å². The van der Waals surface area contributed by atoms with E-state index >= 15 is 0 Å². The highest BCUT2D eigenvalue weighted by molar-refractivity contribution is 6.04. The molecule has 0 aromatic heterocycles. The standard InChI is InChI=1S/C14H17NO2/c1-13(2)11-5-4-10(16)7-14(11,3)6-9(8-15)12(13)17/h6,11H,4-5,7H2,1-3H3/t11-,14+/m1/s1. The van der Waals surface area contributed by atoms with E-state index in [1.165, 1.54) is 0 Å². The Morgan fingerprint density at radius 1 is 1.35 bits per heavy atom. The number of carbonyl (C=O) groups excluding carboxylic acids is 2. The van der Waals surface area contributed by atoms with E-state index in [4.69, 9.17) is 5.26 Å². The number of hydrogen-bond acceptors (Lipinski definition) is 3. The molecule has 0 spiro atoms. The van der Waals surface area contributed by atoms with Gasteiger partial charge >= 0.3 is 0 Å². The van der Waals surface area contributed by atoms with Gasteiger partial charge in [0.15, 0.2) is 5.78 Å². The zero-order valence-electron chi connectivity index (χ0n) is 10.5. The van der Waals surface area contributed by atoms with Gasteiger partial charge in [-0.15, -0.1) is 0 Å². The van der Waals surface area contributed by atoms with Gasteiger partial charge in [0, 0.05) is 18.3 Å². The summed E-state index contributed by atoms with van der Waals surface area (Å²) in [6.45, 7) is 5.80. The summed E-state index contributed by atoms with van der Waals surface area (Å²) in [5, 5.41) is 9.04. The molecule has 0 bridgehead atoms. The largest absolute Gasteiger partial charge is 0.300 e. The monoisotopic (exact) mass is 231 g/mol. The van der Waals surface area contributed by atoms with E-state index in [2.05, 4.69) is 0 Å². The van der Waals surface area contributed by atoms with Crippen LogP contribution in [-0.2, 0) is 9.59 Å². The second-order valence-corrected chi connectivity index (χ2v) is 6.03. The molecule has 0 unspecified atom stereocenters. The van der Waals surface area contributed by atoms with Gasteiger partial charge in [-0.25, -0.2) is 0 Å². The average molecular weight is 231 g/mol. The quantitative estimate of drug-likeness (QED) is 0.643. The molecular formula is C14H17NO2. The molecule has 0 aromatic carbocycles. The summed E-state index contributed by atoms with van der Waals surface area (Å²) in [6, 6.07) is 1.98. The highest BCUT2D eigenvalue weighted by atomic mass is 16.1. The molecule has 0 saturated heterocycles. The Hall–Kier alpha value is -1.43. The Morgan fingerprint density at radius 3 is 2.59 bits per heavy atom. The third kappa shape index (κ3) is 1.63. The van der Waals surface area contributed by atoms with E-state index < -0.39 is 5.41 Å². The van der Waals surface area contributed by atoms with Crippen LogP contribution < -0.4 is 0 Å². The number of fused-ring (bicyclic) bond motifs is 1. The van der Waals surface area contributed by atoms with Crippen molar-refractivity contribution >= 4 is 11.6 Å². The molecule has 3 heteroatoms. The van der Waals surface area contributed by atoms with E-state index in [9.17, 15) is 9.59 Å². The van der Waals surface area contributed by atoms with E-state index in [1.54, 1.807) is 6.08 Å². The molecule has 0 aromatic rings. The van der Waals surface area contributed by atoms with Crippen LogP contribution in [0.15, 0.2) is 11.6 Å². The highest BCUT2D eigenvalue weighted by Crippen LogP contribution is 2.54. The van der Waals surface area contributed by atoms with E-state index in [0.29, 0.717) is 12.8 Å². The van der Waals surface area contributed by atoms with Crippen LogP contribution in [0, 0.1) is 28.1 Å². The first-order chi connectivity index (χ1) is 7.81. The Kier molecular flexibility index (Phi) is 2.50. The lowest BCUT2D eigenvalue weighted by Crippen LogP contribution is -2.49. The summed E-state index contributed by atoms with van der Waals surface area (Å²) in [6.07, 6.45) is 3.51. The number of carbonyl (C=O) groups is 2. The molecule has 0 amide bonds. The van der Waals surface area contributed by atoms with E-state index in [-0.39, 0.29) is 28.5 Å². The van der Waals surface area contributed by atoms with Gasteiger partial charge in [0.1, 0.15) is 11.9 Å². The lowest BCUT2D eigenvalue weighted by Gasteiger charge is -2.49. The lowest BCUT2D eigenvalue weighted by molar-refractivity contribution is -0.136. The zero-order valence-corrected chi connectivity index (χ0v) is 10.5. The van der Waals surface area contributed by atoms with Crippen molar-refractivity contribution in [1.29, 1.82) is 5.26 Å². The van der Waals surface area contributed by atoms with Crippen molar-refractivity contribution in [2.45, 2.75) is 40.0 Å². The molecule has 0 heterocycles. The number of nitriles is 1. The minimum atomic E-state index is -0.532. The number of ketones is 2. The predicted molar refractivity (Wildman–Crippen MR) is 62.9 cm³/mol. The minimum Gasteiger partial charge on any atom is -0.300 e. The minimum absolute atomic E-state index is 0.0724. The molecule has 0 radical (unpaired) electrons. The van der Waals surface area contributed by atoms with Crippen molar-refractivity contribution in [2.24, 2.45) is 16.7 Å². The topological polar surface area (TPSA) is 57.9 Å². The van der Waals surface area contributed by atoms with Gasteiger partial charge in [-0.1, -0.05) is 26.8 Å². The van der Waals surface area contributed by atoms with Crippen LogP contribution in [0.25, 0.3) is 0 Å². The Labute approximate surface area is 101 Å². The van der Waals surface area contributed by atoms with Crippen molar-refractivity contribution in [3.05, 3.63) is 11.6 Å². The van der Waals surface area contributed by atoms with Gasteiger partial charge in [-0.2, -0.15) is 5.26 Å². The van der Waals surface area contributed by atoms with Gasteiger partial charge in [0.25, 0.3) is 0 Å². The molecular weight excluding hydrogens is 214 g/mol. The van der Waals surface area contributed by atoms with E-state index in [0.717, 1.165) is 6.42 Å². The Morgan fingerprint density at radius 2 is 2.00 bits per heavy atom. The van der Waals surface area contributed by atoms with Crippen molar-refractivity contribution in [2.75, 3.05) is 0 Å². The number of Topliss-reactive ketones (excluding diaryl/α,β-unsaturated/α-hetero) is 2. The maximum absolute atomic E-state index is 12.2. The molecule has 2 rings (SSSR count). The fourth-order valence-corrected chi connectivity index (χ4v) is 3.59. The van der Waals surface area contributed by atoms with Crippen LogP contribution in [0.4, 0.5) is 0 Å². The van der Waals surface area contributed by atoms with Crippen LogP contribution in [0.3, 0.4) is 0 Å². The highest BCUT2D eigenvalue weighted by Gasteiger charge is 2.53. The first-order valence-electron chi connectivity index (χ1n) is 6.01. The SMILES string of the molecule is CC1(C)C(=O)C(C#N)=C[C@@]2(C)CC(=O)CC[C@H]12. The zero-order chi connectivity index (χ0) is 12.8. The molecule has 1 fully saturated rings. The molecule has 1 saturated carbocycles. The average Bonchev–Trinajstić information content (AvgIpc) is 2.23. The van der Waals surface area contributed by atoms with Crippen molar-refractivity contribution in [3.8, 4) is 6.07 Å². The van der Waals surface area contributed by atoms with Crippen LogP contribution in [0.5, 0.6) is 0 Å². The number of rotatable bonds is 0. The van der Waals surface area contributed by atoms with Crippen molar-refractivity contribution in [1.82, 2.24) is 0 Å². The Bertz CT molecular complexity index is 467. The Balaban J connectivity index is 2.55. The summed E-state index contributed by atoms with van der Waals surface area (Å²) < 4.78 is 0. The van der Waals surface area contributed by atoms with Crippen LogP contribution >= 0.6 is 0 Å². The number of allylic oxidation sites excluding steroid dienone is 2. The maximum atomic E-state index is 12.2. The molecule has 17 heavy (non-hydrogen) atoms. The normalized spacial score (nSPS) is 35.9. The van der Waals surface area contributed by atoms with Gasteiger partial charge < -0.3 is 0 Å². The third-order valence-corrected chi connectivity index (χ3v) is 4.38. The summed E-state index contributed by atoms with van der Waals surface area (Å²) in [5.74, 6) is 0.330. The fraction of sp³-hybridized carbons (Fsp3) is 0.643. The third-order valence-electron chi connectivity index (χ3n) is 4.38. The molecule has 0 aliphatic heterocycles. The van der Waals surface area contributed by atoms with Crippen LogP contribution in [0.1, 0.15) is 40.0 Å². The first-order valence-corrected chi connectivity index (χ1v) is 6.01. The van der Waals surface area contributed by atoms with Crippen molar-refractivity contribution in [3.63, 3.8) is 0 Å². The number of nitrogens with zero attached hydrogens (tertiary/aromatic N) is 1. The summed E-state index contributed by atoms with van der Waals surface area (Å²) >= 11 is 0. The molecule has 3 nitrogen and oxygen atoms in total. The van der Waals surface area contributed by atoms with Gasteiger partial charge in [0.2, 0.25) is 0 Å². The molecule has 0 N–H and O–H groups in total. The van der Waals surface area contributed by atoms with Gasteiger partial charge in [-0.3, -0.25) is 9.59 Å². The summed E-state index contributed by atoms with van der Waals surface area (Å²) in [5.41, 5.74) is -0.629. The smallest absolute Gasteiger partial charge is 0.178 e. The molecule has 2 aliphatic carbocycles. The summed E-state index contributed by atoms with van der Waals surface area (Å²) in [4.78, 5) is 23.8. The molecule has 2 atom stereocenters. The fourth-order valence-electron chi connectivity index (χ4n) is 3.59. The predicted octanol–water partition coefficient (Wildman–Crippen LogP) is 2.42. The molecule has 90 valence electrons.